The van der Waals surface area contributed by atoms with Crippen LogP contribution in [-0.4, -0.2) is 72.0 Å². The van der Waals surface area contributed by atoms with Crippen LogP contribution in [0, 0.1) is 6.92 Å². The second kappa shape index (κ2) is 13.7. The normalized spacial score (nSPS) is 16.4. The highest BCUT2D eigenvalue weighted by Crippen LogP contribution is 2.26. The fourth-order valence-corrected chi connectivity index (χ4v) is 6.00. The first-order chi connectivity index (χ1) is 17.7. The molecule has 0 bridgehead atoms. The van der Waals surface area contributed by atoms with Crippen LogP contribution < -0.4 is 11.1 Å². The molecule has 0 radical (unpaired) electrons. The van der Waals surface area contributed by atoms with Crippen molar-refractivity contribution in [3.63, 3.8) is 0 Å². The SMILES string of the molecule is CCCCCNc1nc(N)nc(C)c1Cc1ccc(C(CCCCN2CCS(=O)(=O)CC2)C(=O)O)cc1. The predicted octanol–water partition coefficient (Wildman–Crippen LogP) is 3.63. The highest BCUT2D eigenvalue weighted by Gasteiger charge is 2.22. The number of carboxylic acid groups (broad SMARTS) is 1. The molecular weight excluding hydrogens is 490 g/mol. The maximum absolute atomic E-state index is 12.0. The molecule has 0 spiro atoms. The summed E-state index contributed by atoms with van der Waals surface area (Å²) in [6.07, 6.45) is 6.17. The zero-order valence-electron chi connectivity index (χ0n) is 22.1. The molecule has 4 N–H and O–H groups in total. The van der Waals surface area contributed by atoms with Crippen molar-refractivity contribution in [3.05, 3.63) is 46.6 Å². The first-order valence-electron chi connectivity index (χ1n) is 13.3. The Morgan fingerprint density at radius 3 is 2.46 bits per heavy atom. The van der Waals surface area contributed by atoms with Crippen molar-refractivity contribution in [3.8, 4) is 0 Å². The number of hydrogen-bond acceptors (Lipinski definition) is 8. The second-order valence-corrected chi connectivity index (χ2v) is 12.2. The van der Waals surface area contributed by atoms with Gasteiger partial charge in [-0.1, -0.05) is 50.5 Å². The summed E-state index contributed by atoms with van der Waals surface area (Å²) in [6.45, 7) is 6.87. The standard InChI is InChI=1S/C27H41N5O4S/c1-3-4-6-13-29-25-24(20(2)30-27(28)31-25)19-21-9-11-22(12-10-21)23(26(33)34)8-5-7-14-32-15-17-37(35,36)18-16-32/h9-12,23H,3-8,13-19H2,1-2H3,(H,33,34)(H3,28,29,30,31). The van der Waals surface area contributed by atoms with Gasteiger partial charge in [0.05, 0.1) is 17.4 Å². The van der Waals surface area contributed by atoms with Gasteiger partial charge in [0.1, 0.15) is 5.82 Å². The van der Waals surface area contributed by atoms with Crippen molar-refractivity contribution in [2.75, 3.05) is 48.7 Å². The van der Waals surface area contributed by atoms with Gasteiger partial charge in [0.2, 0.25) is 5.95 Å². The van der Waals surface area contributed by atoms with Gasteiger partial charge in [0.15, 0.2) is 9.84 Å². The van der Waals surface area contributed by atoms with Gasteiger partial charge in [-0.15, -0.1) is 0 Å². The lowest BCUT2D eigenvalue weighted by atomic mass is 9.92. The molecule has 2 heterocycles. The third kappa shape index (κ3) is 8.96. The molecule has 0 saturated carbocycles. The monoisotopic (exact) mass is 531 g/mol. The van der Waals surface area contributed by atoms with Gasteiger partial charge in [-0.05, 0) is 43.9 Å². The molecule has 1 aromatic carbocycles. The van der Waals surface area contributed by atoms with E-state index in [1.54, 1.807) is 0 Å². The van der Waals surface area contributed by atoms with Crippen LogP contribution in [0.5, 0.6) is 0 Å². The fraction of sp³-hybridized carbons (Fsp3) is 0.593. The summed E-state index contributed by atoms with van der Waals surface area (Å²) >= 11 is 0. The molecule has 1 fully saturated rings. The Bertz CT molecular complexity index is 1120. The number of sulfone groups is 1. The second-order valence-electron chi connectivity index (χ2n) is 9.93. The van der Waals surface area contributed by atoms with Gasteiger partial charge in [0, 0.05) is 37.3 Å². The first-order valence-corrected chi connectivity index (χ1v) is 15.1. The number of anilines is 2. The Labute approximate surface area is 220 Å². The molecular formula is C27H41N5O4S. The molecule has 1 saturated heterocycles. The molecule has 0 aliphatic carbocycles. The number of rotatable bonds is 14. The zero-order valence-corrected chi connectivity index (χ0v) is 22.9. The van der Waals surface area contributed by atoms with E-state index < -0.39 is 21.7 Å². The molecule has 1 unspecified atom stereocenters. The van der Waals surface area contributed by atoms with E-state index in [4.69, 9.17) is 5.73 Å². The summed E-state index contributed by atoms with van der Waals surface area (Å²) in [7, 11) is -2.88. The minimum Gasteiger partial charge on any atom is -0.481 e. The van der Waals surface area contributed by atoms with Gasteiger partial charge in [-0.3, -0.25) is 4.79 Å². The lowest BCUT2D eigenvalue weighted by molar-refractivity contribution is -0.139. The van der Waals surface area contributed by atoms with E-state index in [1.807, 2.05) is 31.2 Å². The van der Waals surface area contributed by atoms with E-state index in [0.29, 0.717) is 25.9 Å². The number of nitrogen functional groups attached to an aromatic ring is 1. The van der Waals surface area contributed by atoms with Crippen LogP contribution in [0.4, 0.5) is 11.8 Å². The van der Waals surface area contributed by atoms with Gasteiger partial charge in [-0.25, -0.2) is 13.4 Å². The summed E-state index contributed by atoms with van der Waals surface area (Å²) in [5.74, 6) is 0.0702. The first kappa shape index (κ1) is 28.8. The Balaban J connectivity index is 1.58. The number of nitrogens with zero attached hydrogens (tertiary/aromatic N) is 3. The molecule has 1 aromatic heterocycles. The average molecular weight is 532 g/mol. The molecule has 204 valence electrons. The van der Waals surface area contributed by atoms with Crippen molar-refractivity contribution in [2.45, 2.75) is 64.7 Å². The van der Waals surface area contributed by atoms with Gasteiger partial charge in [-0.2, -0.15) is 4.98 Å². The van der Waals surface area contributed by atoms with Crippen LogP contribution in [-0.2, 0) is 21.1 Å². The number of unbranched alkanes of at least 4 members (excludes halogenated alkanes) is 3. The highest BCUT2D eigenvalue weighted by molar-refractivity contribution is 7.91. The number of aromatic nitrogens is 2. The van der Waals surface area contributed by atoms with Crippen molar-refractivity contribution >= 4 is 27.6 Å². The van der Waals surface area contributed by atoms with Crippen LogP contribution in [0.15, 0.2) is 24.3 Å². The van der Waals surface area contributed by atoms with Gasteiger partial charge < -0.3 is 21.1 Å². The average Bonchev–Trinajstić information content (AvgIpc) is 2.85. The number of hydrogen-bond donors (Lipinski definition) is 3. The molecule has 1 aliphatic heterocycles. The third-order valence-corrected chi connectivity index (χ3v) is 8.63. The van der Waals surface area contributed by atoms with Crippen LogP contribution >= 0.6 is 0 Å². The van der Waals surface area contributed by atoms with E-state index in [2.05, 4.69) is 27.1 Å². The number of carboxylic acids is 1. The maximum Gasteiger partial charge on any atom is 0.310 e. The number of aliphatic carboxylic acids is 1. The number of aryl methyl sites for hydroxylation is 1. The van der Waals surface area contributed by atoms with Crippen LogP contribution in [0.1, 0.15) is 73.8 Å². The van der Waals surface area contributed by atoms with Gasteiger partial charge >= 0.3 is 5.97 Å². The molecule has 10 heteroatoms. The molecule has 1 atom stereocenters. The van der Waals surface area contributed by atoms with E-state index in [9.17, 15) is 18.3 Å². The van der Waals surface area contributed by atoms with Gasteiger partial charge in [0.25, 0.3) is 0 Å². The summed E-state index contributed by atoms with van der Waals surface area (Å²) in [5, 5.41) is 13.3. The van der Waals surface area contributed by atoms with E-state index in [1.165, 1.54) is 0 Å². The topological polar surface area (TPSA) is 139 Å². The van der Waals surface area contributed by atoms with Crippen molar-refractivity contribution in [2.24, 2.45) is 0 Å². The number of nitrogens with one attached hydrogen (secondary N) is 1. The smallest absolute Gasteiger partial charge is 0.310 e. The van der Waals surface area contributed by atoms with Crippen LogP contribution in [0.2, 0.25) is 0 Å². The Morgan fingerprint density at radius 2 is 1.81 bits per heavy atom. The van der Waals surface area contributed by atoms with E-state index in [-0.39, 0.29) is 17.5 Å². The quantitative estimate of drug-likeness (QED) is 0.312. The Kier molecular flexibility index (Phi) is 10.7. The lowest BCUT2D eigenvalue weighted by Gasteiger charge is -2.26. The maximum atomic E-state index is 12.0. The molecule has 2 aromatic rings. The molecule has 37 heavy (non-hydrogen) atoms. The zero-order chi connectivity index (χ0) is 26.8. The van der Waals surface area contributed by atoms with Crippen LogP contribution in [0.3, 0.4) is 0 Å². The third-order valence-electron chi connectivity index (χ3n) is 7.02. The van der Waals surface area contributed by atoms with E-state index in [0.717, 1.165) is 73.4 Å². The lowest BCUT2D eigenvalue weighted by Crippen LogP contribution is -2.40. The summed E-state index contributed by atoms with van der Waals surface area (Å²) < 4.78 is 23.2. The van der Waals surface area contributed by atoms with Crippen molar-refractivity contribution < 1.29 is 18.3 Å². The highest BCUT2D eigenvalue weighted by atomic mass is 32.2. The fourth-order valence-electron chi connectivity index (χ4n) is 4.72. The van der Waals surface area contributed by atoms with Crippen LogP contribution in [0.25, 0.3) is 0 Å². The molecule has 1 aliphatic rings. The number of benzene rings is 1. The largest absolute Gasteiger partial charge is 0.481 e. The molecule has 3 rings (SSSR count). The number of carbonyl (C=O) groups is 1. The molecule has 0 amide bonds. The number of nitrogens with two attached hydrogens (primary N) is 1. The Morgan fingerprint density at radius 1 is 1.11 bits per heavy atom. The minimum atomic E-state index is -2.88. The summed E-state index contributed by atoms with van der Waals surface area (Å²) in [5.41, 5.74) is 9.58. The van der Waals surface area contributed by atoms with Crippen molar-refractivity contribution in [1.82, 2.24) is 14.9 Å². The molecule has 9 nitrogen and oxygen atoms in total. The predicted molar refractivity (Wildman–Crippen MR) is 148 cm³/mol. The van der Waals surface area contributed by atoms with E-state index >= 15 is 0 Å². The summed E-state index contributed by atoms with van der Waals surface area (Å²) in [6, 6.07) is 7.78. The Hall–Kier alpha value is -2.72. The van der Waals surface area contributed by atoms with Crippen molar-refractivity contribution in [1.29, 1.82) is 0 Å². The minimum absolute atomic E-state index is 0.218. The summed E-state index contributed by atoms with van der Waals surface area (Å²) in [4.78, 5) is 22.9.